The molecule has 0 aliphatic rings. The number of carbonyl (C=O) groups is 7. The van der Waals surface area contributed by atoms with Crippen LogP contribution in [0.1, 0.15) is 130 Å². The first kappa shape index (κ1) is 66.4. The van der Waals surface area contributed by atoms with Crippen molar-refractivity contribution >= 4 is 41.8 Å². The van der Waals surface area contributed by atoms with E-state index >= 15 is 0 Å². The molecule has 4 atom stereocenters. The number of aliphatic hydroxyl groups excluding tert-OH is 2. The van der Waals surface area contributed by atoms with Gasteiger partial charge in [-0.15, -0.1) is 6.58 Å². The number of rotatable bonds is 34. The van der Waals surface area contributed by atoms with Gasteiger partial charge < -0.3 is 52.8 Å². The number of unbranched alkanes of at least 4 members (excludes halogenated alkanes) is 6. The maximum atomic E-state index is 14.5. The van der Waals surface area contributed by atoms with Crippen LogP contribution in [0.2, 0.25) is 0 Å². The van der Waals surface area contributed by atoms with Crippen LogP contribution in [0.4, 0.5) is 0 Å². The molecule has 0 bridgehead atoms. The summed E-state index contributed by atoms with van der Waals surface area (Å²) >= 11 is 0. The number of esters is 7. The molecule has 0 saturated carbocycles. The van der Waals surface area contributed by atoms with Crippen LogP contribution in [0.15, 0.2) is 248 Å². The van der Waals surface area contributed by atoms with Crippen molar-refractivity contribution in [3.8, 4) is 0 Å². The number of ether oxygens (including phenoxy) is 9. The van der Waals surface area contributed by atoms with Crippen molar-refractivity contribution < 1.29 is 86.4 Å². The van der Waals surface area contributed by atoms with E-state index in [1.165, 1.54) is 121 Å². The van der Waals surface area contributed by atoms with Gasteiger partial charge in [-0.2, -0.15) is 0 Å². The van der Waals surface area contributed by atoms with E-state index in [9.17, 15) is 43.8 Å². The first-order valence-corrected chi connectivity index (χ1v) is 28.9. The normalized spacial score (nSPS) is 12.9. The van der Waals surface area contributed by atoms with Gasteiger partial charge in [-0.1, -0.05) is 159 Å². The van der Waals surface area contributed by atoms with Gasteiger partial charge in [0, 0.05) is 12.8 Å². The average molecular weight is 1210 g/mol. The summed E-state index contributed by atoms with van der Waals surface area (Å²) in [5, 5.41) is 25.2. The zero-order chi connectivity index (χ0) is 63.0. The average Bonchev–Trinajstić information content (AvgIpc) is 2.18. The highest BCUT2D eigenvalue weighted by molar-refractivity contribution is 5.93. The predicted octanol–water partition coefficient (Wildman–Crippen LogP) is 12.5. The smallest absolute Gasteiger partial charge is 0.343 e. The predicted molar refractivity (Wildman–Crippen MR) is 325 cm³/mol. The van der Waals surface area contributed by atoms with Gasteiger partial charge in [-0.3, -0.25) is 0 Å². The molecule has 18 nitrogen and oxygen atoms in total. The number of allylic oxidation sites excluding steroid dienone is 1. The Kier molecular flexibility index (Phi) is 27.0. The summed E-state index contributed by atoms with van der Waals surface area (Å²) in [5.41, 5.74) is -0.0369. The summed E-state index contributed by atoms with van der Waals surface area (Å²) in [4.78, 5) is 99.1. The molecule has 18 heteroatoms. The lowest BCUT2D eigenvalue weighted by Crippen LogP contribution is -2.36. The van der Waals surface area contributed by atoms with Gasteiger partial charge in [0.15, 0.2) is 17.6 Å². The van der Waals surface area contributed by atoms with E-state index < -0.39 is 116 Å². The molecule has 0 heterocycles. The van der Waals surface area contributed by atoms with E-state index in [1.807, 2.05) is 6.08 Å². The maximum absolute atomic E-state index is 14.5. The molecular weight excluding hydrogens is 1140 g/mol. The SMILES string of the molecule is C=CCCCCCCCCOC(O)/C(OC(=O)c1ccccc1)=C(\OC(=O)c1ccccc1)C(CCOC(=O)c1ccccc1)OC(O)/C(OC(=O)c1ccccc1)=C(/OC(=O)c1ccccc1)C(CCOC(=O)c1ccccc1)OC(=O)c1ccccc1. The largest absolute Gasteiger partial charge is 0.462 e. The lowest BCUT2D eigenvalue weighted by atomic mass is 10.1. The van der Waals surface area contributed by atoms with E-state index in [1.54, 1.807) is 91.0 Å². The number of benzene rings is 7. The molecule has 4 unspecified atom stereocenters. The molecule has 0 radical (unpaired) electrons. The van der Waals surface area contributed by atoms with Crippen LogP contribution in [0.3, 0.4) is 0 Å². The lowest BCUT2D eigenvalue weighted by Gasteiger charge is -2.29. The maximum Gasteiger partial charge on any atom is 0.343 e. The van der Waals surface area contributed by atoms with Crippen molar-refractivity contribution in [2.75, 3.05) is 19.8 Å². The fourth-order valence-electron chi connectivity index (χ4n) is 8.62. The van der Waals surface area contributed by atoms with Crippen LogP contribution in [-0.4, -0.2) is 96.6 Å². The van der Waals surface area contributed by atoms with Gasteiger partial charge in [0.25, 0.3) is 0 Å². The molecule has 0 aliphatic carbocycles. The summed E-state index contributed by atoms with van der Waals surface area (Å²) in [6.45, 7) is 2.46. The highest BCUT2D eigenvalue weighted by Gasteiger charge is 2.39. The van der Waals surface area contributed by atoms with Crippen molar-refractivity contribution in [2.45, 2.75) is 82.6 Å². The third-order valence-corrected chi connectivity index (χ3v) is 13.2. The molecule has 0 amide bonds. The summed E-state index contributed by atoms with van der Waals surface area (Å²) in [5.74, 6) is -10.8. The van der Waals surface area contributed by atoms with Gasteiger partial charge in [-0.25, -0.2) is 33.6 Å². The first-order valence-electron chi connectivity index (χ1n) is 28.9. The Hall–Kier alpha value is -10.1. The van der Waals surface area contributed by atoms with Gasteiger partial charge in [0.2, 0.25) is 24.1 Å². The third-order valence-electron chi connectivity index (χ3n) is 13.2. The van der Waals surface area contributed by atoms with Crippen molar-refractivity contribution in [2.24, 2.45) is 0 Å². The fraction of sp³-hybridized carbons (Fsp3) is 0.225. The third kappa shape index (κ3) is 21.4. The molecule has 89 heavy (non-hydrogen) atoms. The molecule has 0 spiro atoms. The molecule has 0 aliphatic heterocycles. The van der Waals surface area contributed by atoms with E-state index in [4.69, 9.17) is 42.6 Å². The zero-order valence-electron chi connectivity index (χ0n) is 48.7. The summed E-state index contributed by atoms with van der Waals surface area (Å²) in [6, 6.07) is 53.3. The van der Waals surface area contributed by atoms with E-state index in [-0.39, 0.29) is 45.6 Å². The van der Waals surface area contributed by atoms with Crippen LogP contribution in [0.5, 0.6) is 0 Å². The molecular formula is C71H68O18. The second-order valence-electron chi connectivity index (χ2n) is 19.7. The van der Waals surface area contributed by atoms with Crippen molar-refractivity contribution in [1.29, 1.82) is 0 Å². The first-order chi connectivity index (χ1) is 43.4. The van der Waals surface area contributed by atoms with Crippen LogP contribution in [0.25, 0.3) is 0 Å². The topological polar surface area (TPSA) is 243 Å². The minimum Gasteiger partial charge on any atom is -0.462 e. The Morgan fingerprint density at radius 3 is 1.00 bits per heavy atom. The Morgan fingerprint density at radius 1 is 0.337 bits per heavy atom. The summed E-state index contributed by atoms with van der Waals surface area (Å²) < 4.78 is 54.2. The second-order valence-corrected chi connectivity index (χ2v) is 19.7. The van der Waals surface area contributed by atoms with Gasteiger partial charge in [0.1, 0.15) is 6.10 Å². The van der Waals surface area contributed by atoms with E-state index in [2.05, 4.69) is 6.58 Å². The molecule has 0 fully saturated rings. The van der Waals surface area contributed by atoms with Crippen molar-refractivity contribution in [3.05, 3.63) is 287 Å². The monoisotopic (exact) mass is 1210 g/mol. The quantitative estimate of drug-likeness (QED) is 0.00951. The zero-order valence-corrected chi connectivity index (χ0v) is 48.7. The fourth-order valence-corrected chi connectivity index (χ4v) is 8.62. The standard InChI is InChI=1S/C71H68O18/c1-2-3-4-5-6-7-8-30-47-81-70(79)61(88-68(77)55-41-26-14-27-42-55)59(86-66(75)53-37-22-12-23-38-53)58(46-49-83-64(73)51-33-18-10-19-34-51)85-71(80)62(89-69(78)56-43-28-15-29-44-56)60(87-67(76)54-39-24-13-25-40-54)57(84-65(74)52-35-20-11-21-36-52)45-48-82-63(72)50-31-16-9-17-32-50/h2,9-29,31-44,57-58,70-71,79-80H,1,3-8,30,45-49H2/b61-59+,62-60-. The summed E-state index contributed by atoms with van der Waals surface area (Å²) in [7, 11) is 0. The molecule has 7 aromatic carbocycles. The number of carbonyl (C=O) groups excluding carboxylic acids is 7. The molecule has 0 aromatic heterocycles. The highest BCUT2D eigenvalue weighted by Crippen LogP contribution is 2.31. The van der Waals surface area contributed by atoms with Gasteiger partial charge >= 0.3 is 41.8 Å². The minimum atomic E-state index is -2.73. The van der Waals surface area contributed by atoms with Gasteiger partial charge in [0.05, 0.1) is 58.8 Å². The van der Waals surface area contributed by atoms with E-state index in [0.29, 0.717) is 12.8 Å². The Labute approximate surface area is 515 Å². The number of hydrogen-bond donors (Lipinski definition) is 2. The number of hydrogen-bond acceptors (Lipinski definition) is 18. The second kappa shape index (κ2) is 36.1. The van der Waals surface area contributed by atoms with E-state index in [0.717, 1.165) is 32.1 Å². The molecule has 7 rings (SSSR count). The molecule has 2 N–H and O–H groups in total. The summed E-state index contributed by atoms with van der Waals surface area (Å²) in [6.07, 6.45) is -2.58. The minimum absolute atomic E-state index is 0.00937. The molecule has 0 saturated heterocycles. The van der Waals surface area contributed by atoms with Crippen LogP contribution >= 0.6 is 0 Å². The van der Waals surface area contributed by atoms with Crippen LogP contribution in [-0.2, 0) is 42.6 Å². The Morgan fingerprint density at radius 2 is 0.629 bits per heavy atom. The number of aliphatic hydroxyl groups is 2. The van der Waals surface area contributed by atoms with Gasteiger partial charge in [-0.05, 0) is 104 Å². The molecule has 460 valence electrons. The highest BCUT2D eigenvalue weighted by atomic mass is 16.7. The van der Waals surface area contributed by atoms with Crippen molar-refractivity contribution in [1.82, 2.24) is 0 Å². The lowest BCUT2D eigenvalue weighted by molar-refractivity contribution is -0.143. The van der Waals surface area contributed by atoms with Crippen LogP contribution < -0.4 is 0 Å². The Bertz CT molecular complexity index is 3450. The van der Waals surface area contributed by atoms with Crippen molar-refractivity contribution in [3.63, 3.8) is 0 Å². The Balaban J connectivity index is 1.42. The molecule has 7 aromatic rings. The van der Waals surface area contributed by atoms with Crippen LogP contribution in [0, 0.1) is 0 Å².